The summed E-state index contributed by atoms with van der Waals surface area (Å²) in [5.41, 5.74) is -0.993. The predicted octanol–water partition coefficient (Wildman–Crippen LogP) is 3.67. The number of hydrogen-bond acceptors (Lipinski definition) is 3. The van der Waals surface area contributed by atoms with Gasteiger partial charge in [-0.2, -0.15) is 0 Å². The second kappa shape index (κ2) is 7.92. The quantitative estimate of drug-likeness (QED) is 0.656. The minimum Gasteiger partial charge on any atom is -0.389 e. The maximum Gasteiger partial charge on any atom is 0.136 e. The van der Waals surface area contributed by atoms with Gasteiger partial charge in [0.05, 0.1) is 11.5 Å². The lowest BCUT2D eigenvalue weighted by Crippen LogP contribution is -2.38. The van der Waals surface area contributed by atoms with Gasteiger partial charge >= 0.3 is 0 Å². The van der Waals surface area contributed by atoms with Crippen LogP contribution >= 0.6 is 0 Å². The number of hydrogen-bond donors (Lipinski definition) is 1. The molecule has 0 aromatic heterocycles. The number of aliphatic hydroxyl groups is 1. The molecule has 0 bridgehead atoms. The van der Waals surface area contributed by atoms with Crippen LogP contribution in [-0.4, -0.2) is 22.3 Å². The zero-order valence-corrected chi connectivity index (χ0v) is 13.3. The Balaban J connectivity index is 2.37. The van der Waals surface area contributed by atoms with Gasteiger partial charge < -0.3 is 5.11 Å². The molecule has 1 fully saturated rings. The van der Waals surface area contributed by atoms with Crippen molar-refractivity contribution in [2.75, 3.05) is 0 Å². The average Bonchev–Trinajstić information content (AvgIpc) is 2.69. The van der Waals surface area contributed by atoms with Crippen molar-refractivity contribution in [2.24, 2.45) is 11.8 Å². The predicted molar refractivity (Wildman–Crippen MR) is 80.5 cm³/mol. The molecule has 0 aromatic rings. The molecule has 0 saturated heterocycles. The maximum absolute atomic E-state index is 12.3. The summed E-state index contributed by atoms with van der Waals surface area (Å²) >= 11 is 0. The molecule has 1 rings (SSSR count). The molecule has 1 saturated carbocycles. The van der Waals surface area contributed by atoms with Crippen LogP contribution in [0.25, 0.3) is 0 Å². The van der Waals surface area contributed by atoms with Crippen molar-refractivity contribution in [3.63, 3.8) is 0 Å². The Kier molecular flexibility index (Phi) is 6.87. The number of carbonyl (C=O) groups is 2. The summed E-state index contributed by atoms with van der Waals surface area (Å²) < 4.78 is 0. The molecular weight excluding hydrogens is 252 g/mol. The number of carbonyl (C=O) groups excluding carboxylic acids is 2. The first kappa shape index (κ1) is 17.4. The molecule has 0 aliphatic heterocycles. The van der Waals surface area contributed by atoms with Gasteiger partial charge in [0.15, 0.2) is 0 Å². The van der Waals surface area contributed by atoms with Crippen LogP contribution in [0.15, 0.2) is 0 Å². The first-order valence-electron chi connectivity index (χ1n) is 8.15. The van der Waals surface area contributed by atoms with Crippen molar-refractivity contribution in [3.05, 3.63) is 0 Å². The standard InChI is InChI=1S/C17H30O3/c1-4-5-6-7-8-9-10-15(19)14-11-12-17(3,20)16(14)13(2)18/h14,16,20H,4-12H2,1-3H3/t14-,16-,17+/m1/s1. The first-order valence-corrected chi connectivity index (χ1v) is 8.15. The zero-order chi connectivity index (χ0) is 15.2. The van der Waals surface area contributed by atoms with Gasteiger partial charge in [-0.25, -0.2) is 0 Å². The van der Waals surface area contributed by atoms with Gasteiger partial charge in [0.1, 0.15) is 11.6 Å². The van der Waals surface area contributed by atoms with Crippen LogP contribution in [0, 0.1) is 11.8 Å². The monoisotopic (exact) mass is 282 g/mol. The van der Waals surface area contributed by atoms with Crippen molar-refractivity contribution < 1.29 is 14.7 Å². The Morgan fingerprint density at radius 1 is 1.15 bits per heavy atom. The van der Waals surface area contributed by atoms with E-state index in [2.05, 4.69) is 6.92 Å². The van der Waals surface area contributed by atoms with Crippen LogP contribution in [0.2, 0.25) is 0 Å². The second-order valence-corrected chi connectivity index (χ2v) is 6.57. The molecule has 0 amide bonds. The summed E-state index contributed by atoms with van der Waals surface area (Å²) in [6.45, 7) is 5.38. The van der Waals surface area contributed by atoms with Crippen LogP contribution in [0.5, 0.6) is 0 Å². The summed E-state index contributed by atoms with van der Waals surface area (Å²) in [5.74, 6) is -0.611. The van der Waals surface area contributed by atoms with Crippen molar-refractivity contribution in [1.82, 2.24) is 0 Å². The van der Waals surface area contributed by atoms with Crippen molar-refractivity contribution in [2.45, 2.75) is 84.2 Å². The van der Waals surface area contributed by atoms with Crippen LogP contribution in [0.3, 0.4) is 0 Å². The average molecular weight is 282 g/mol. The molecule has 0 aromatic carbocycles. The normalized spacial score (nSPS) is 29.6. The number of ketones is 2. The number of Topliss-reactive ketones (excluding diaryl/α,β-unsaturated/α-hetero) is 2. The van der Waals surface area contributed by atoms with Crippen LogP contribution < -0.4 is 0 Å². The molecule has 0 heterocycles. The molecular formula is C17H30O3. The highest BCUT2D eigenvalue weighted by atomic mass is 16.3. The summed E-state index contributed by atoms with van der Waals surface area (Å²) in [7, 11) is 0. The van der Waals surface area contributed by atoms with Crippen molar-refractivity contribution >= 4 is 11.6 Å². The molecule has 0 spiro atoms. The Bertz CT molecular complexity index is 333. The van der Waals surface area contributed by atoms with E-state index in [1.807, 2.05) is 0 Å². The highest BCUT2D eigenvalue weighted by Crippen LogP contribution is 2.41. The van der Waals surface area contributed by atoms with E-state index in [-0.39, 0.29) is 17.5 Å². The largest absolute Gasteiger partial charge is 0.389 e. The van der Waals surface area contributed by atoms with E-state index in [1.54, 1.807) is 6.92 Å². The third-order valence-corrected chi connectivity index (χ3v) is 4.66. The van der Waals surface area contributed by atoms with E-state index in [4.69, 9.17) is 0 Å². The van der Waals surface area contributed by atoms with Gasteiger partial charge in [-0.15, -0.1) is 0 Å². The molecule has 3 atom stereocenters. The van der Waals surface area contributed by atoms with Crippen LogP contribution in [0.1, 0.15) is 78.6 Å². The Morgan fingerprint density at radius 2 is 1.75 bits per heavy atom. The van der Waals surface area contributed by atoms with E-state index in [0.717, 1.165) is 12.8 Å². The minimum absolute atomic E-state index is 0.0474. The molecule has 1 aliphatic rings. The molecule has 3 heteroatoms. The summed E-state index contributed by atoms with van der Waals surface area (Å²) in [5, 5.41) is 10.2. The van der Waals surface area contributed by atoms with Gasteiger partial charge in [-0.05, 0) is 33.1 Å². The fourth-order valence-corrected chi connectivity index (χ4v) is 3.54. The lowest BCUT2D eigenvalue weighted by molar-refractivity contribution is -0.136. The van der Waals surface area contributed by atoms with E-state index in [1.165, 1.54) is 32.6 Å². The van der Waals surface area contributed by atoms with Gasteiger partial charge in [-0.3, -0.25) is 9.59 Å². The topological polar surface area (TPSA) is 54.4 Å². The lowest BCUT2D eigenvalue weighted by Gasteiger charge is -2.26. The van der Waals surface area contributed by atoms with Gasteiger partial charge in [0.25, 0.3) is 0 Å². The summed E-state index contributed by atoms with van der Waals surface area (Å²) in [4.78, 5) is 24.0. The fourth-order valence-electron chi connectivity index (χ4n) is 3.54. The van der Waals surface area contributed by atoms with Gasteiger partial charge in [0, 0.05) is 12.3 Å². The third kappa shape index (κ3) is 4.69. The van der Waals surface area contributed by atoms with E-state index in [0.29, 0.717) is 19.3 Å². The summed E-state index contributed by atoms with van der Waals surface area (Å²) in [6, 6.07) is 0. The molecule has 1 N–H and O–H groups in total. The fraction of sp³-hybridized carbons (Fsp3) is 0.882. The molecule has 3 nitrogen and oxygen atoms in total. The Hall–Kier alpha value is -0.700. The summed E-state index contributed by atoms with van der Waals surface area (Å²) in [6.07, 6.45) is 8.75. The smallest absolute Gasteiger partial charge is 0.136 e. The third-order valence-electron chi connectivity index (χ3n) is 4.66. The maximum atomic E-state index is 12.3. The highest BCUT2D eigenvalue weighted by Gasteiger charge is 2.48. The number of unbranched alkanes of at least 4 members (excludes halogenated alkanes) is 5. The number of rotatable bonds is 9. The van der Waals surface area contributed by atoms with Crippen LogP contribution in [-0.2, 0) is 9.59 Å². The molecule has 116 valence electrons. The highest BCUT2D eigenvalue weighted by molar-refractivity contribution is 5.90. The van der Waals surface area contributed by atoms with Crippen molar-refractivity contribution in [3.8, 4) is 0 Å². The molecule has 0 radical (unpaired) electrons. The zero-order valence-electron chi connectivity index (χ0n) is 13.3. The molecule has 20 heavy (non-hydrogen) atoms. The van der Waals surface area contributed by atoms with Crippen LogP contribution in [0.4, 0.5) is 0 Å². The van der Waals surface area contributed by atoms with E-state index < -0.39 is 11.5 Å². The molecule has 0 unspecified atom stereocenters. The Morgan fingerprint density at radius 3 is 2.35 bits per heavy atom. The van der Waals surface area contributed by atoms with Gasteiger partial charge in [-0.1, -0.05) is 39.0 Å². The van der Waals surface area contributed by atoms with Crippen molar-refractivity contribution in [1.29, 1.82) is 0 Å². The molecule has 1 aliphatic carbocycles. The minimum atomic E-state index is -0.993. The Labute approximate surface area is 123 Å². The van der Waals surface area contributed by atoms with E-state index in [9.17, 15) is 14.7 Å². The van der Waals surface area contributed by atoms with Gasteiger partial charge in [0.2, 0.25) is 0 Å². The second-order valence-electron chi connectivity index (χ2n) is 6.57. The van der Waals surface area contributed by atoms with E-state index >= 15 is 0 Å². The lowest BCUT2D eigenvalue weighted by atomic mass is 9.81. The SMILES string of the molecule is CCCCCCCCC(=O)[C@H]1CC[C@](C)(O)[C@@H]1C(C)=O. The first-order chi connectivity index (χ1) is 9.40.